The molecule has 5 aliphatic carbocycles. The van der Waals surface area contributed by atoms with Crippen molar-refractivity contribution < 1.29 is 48.4 Å². The van der Waals surface area contributed by atoms with Gasteiger partial charge in [0.2, 0.25) is 0 Å². The molecular weight excluding hydrogens is 484 g/mol. The molecule has 4 bridgehead atoms. The summed E-state index contributed by atoms with van der Waals surface area (Å²) in [4.78, 5) is 54.1. The van der Waals surface area contributed by atoms with E-state index in [1.165, 1.54) is 19.5 Å². The van der Waals surface area contributed by atoms with Crippen LogP contribution in [-0.4, -0.2) is 63.2 Å². The Balaban J connectivity index is 1.58. The van der Waals surface area contributed by atoms with Crippen molar-refractivity contribution in [1.82, 2.24) is 0 Å². The molecule has 1 aromatic heterocycles. The number of aliphatic hydroxyl groups is 3. The van der Waals surface area contributed by atoms with Gasteiger partial charge in [-0.2, -0.15) is 0 Å². The highest BCUT2D eigenvalue weighted by Gasteiger charge is 2.93. The number of ether oxygens (including phenoxy) is 2. The second-order valence-corrected chi connectivity index (χ2v) is 12.2. The number of hydrogen-bond acceptors (Lipinski definition) is 10. The summed E-state index contributed by atoms with van der Waals surface area (Å²) in [5.41, 5.74) is -9.28. The molecule has 7 rings (SSSR count). The average Bonchev–Trinajstić information content (AvgIpc) is 3.44. The molecular formula is C27H30O10. The Morgan fingerprint density at radius 2 is 1.81 bits per heavy atom. The van der Waals surface area contributed by atoms with Crippen LogP contribution in [0.4, 0.5) is 0 Å². The average molecular weight is 515 g/mol. The van der Waals surface area contributed by atoms with Crippen molar-refractivity contribution in [1.29, 1.82) is 0 Å². The summed E-state index contributed by atoms with van der Waals surface area (Å²) < 4.78 is 15.6. The van der Waals surface area contributed by atoms with Gasteiger partial charge in [-0.25, -0.2) is 9.59 Å². The Labute approximate surface area is 212 Å². The van der Waals surface area contributed by atoms with Crippen LogP contribution in [0.1, 0.15) is 58.1 Å². The maximum Gasteiger partial charge on any atom is 0.335 e. The molecule has 0 unspecified atom stereocenters. The van der Waals surface area contributed by atoms with Crippen LogP contribution in [0.25, 0.3) is 0 Å². The fraction of sp³-hybridized carbons (Fsp3) is 0.630. The van der Waals surface area contributed by atoms with Gasteiger partial charge in [0.05, 0.1) is 30.7 Å². The minimum atomic E-state index is -2.25. The molecule has 2 heterocycles. The maximum absolute atomic E-state index is 14.7. The van der Waals surface area contributed by atoms with Crippen molar-refractivity contribution in [3.8, 4) is 0 Å². The number of rotatable bonds is 3. The fourth-order valence-electron chi connectivity index (χ4n) is 9.46. The SMILES string of the molecule is COC(=O)[C@H](O)[C@@H]1[C@@]2(C)[C@@]3(O)C[C@@]1(C)C(=O)[C@](O)(C3)[C@@]21CC[C@]2(C)C(=CC(=O)O[C@H]2c2ccoc2)C1=O. The van der Waals surface area contributed by atoms with Crippen LogP contribution in [0.15, 0.2) is 34.7 Å². The van der Waals surface area contributed by atoms with E-state index < -0.39 is 80.9 Å². The van der Waals surface area contributed by atoms with Crippen molar-refractivity contribution in [2.24, 2.45) is 27.6 Å². The molecule has 3 N–H and O–H groups in total. The minimum absolute atomic E-state index is 0.0346. The first-order chi connectivity index (χ1) is 17.2. The highest BCUT2D eigenvalue weighted by molar-refractivity contribution is 6.14. The molecule has 1 aliphatic heterocycles. The van der Waals surface area contributed by atoms with Gasteiger partial charge in [0.1, 0.15) is 11.7 Å². The van der Waals surface area contributed by atoms with Crippen molar-refractivity contribution in [3.05, 3.63) is 35.8 Å². The van der Waals surface area contributed by atoms with Crippen LogP contribution in [0.3, 0.4) is 0 Å². The third kappa shape index (κ3) is 2.31. The predicted octanol–water partition coefficient (Wildman–Crippen LogP) is 1.17. The van der Waals surface area contributed by atoms with Gasteiger partial charge >= 0.3 is 11.9 Å². The first-order valence-corrected chi connectivity index (χ1v) is 12.4. The molecule has 5 saturated carbocycles. The lowest BCUT2D eigenvalue weighted by atomic mass is 9.39. The lowest BCUT2D eigenvalue weighted by molar-refractivity contribution is -0.217. The number of hydrogen-bond donors (Lipinski definition) is 3. The summed E-state index contributed by atoms with van der Waals surface area (Å²) in [5, 5.41) is 35.3. The fourth-order valence-corrected chi connectivity index (χ4v) is 9.46. The summed E-state index contributed by atoms with van der Waals surface area (Å²) in [6.45, 7) is 4.88. The van der Waals surface area contributed by atoms with Gasteiger partial charge < -0.3 is 29.2 Å². The normalized spacial score (nSPS) is 48.6. The molecule has 1 spiro atoms. The van der Waals surface area contributed by atoms with Crippen molar-refractivity contribution in [3.63, 3.8) is 0 Å². The summed E-state index contributed by atoms with van der Waals surface area (Å²) in [7, 11) is 1.10. The topological polar surface area (TPSA) is 161 Å². The van der Waals surface area contributed by atoms with E-state index in [-0.39, 0.29) is 24.8 Å². The number of cyclic esters (lactones) is 1. The number of esters is 2. The maximum atomic E-state index is 14.7. The summed E-state index contributed by atoms with van der Waals surface area (Å²) in [6.07, 6.45) is 0.968. The number of ketones is 2. The molecule has 10 nitrogen and oxygen atoms in total. The van der Waals surface area contributed by atoms with E-state index in [4.69, 9.17) is 13.9 Å². The van der Waals surface area contributed by atoms with Crippen LogP contribution < -0.4 is 0 Å². The molecule has 198 valence electrons. The molecule has 0 radical (unpaired) electrons. The largest absolute Gasteiger partial charge is 0.472 e. The zero-order valence-corrected chi connectivity index (χ0v) is 21.1. The molecule has 5 fully saturated rings. The minimum Gasteiger partial charge on any atom is -0.472 e. The summed E-state index contributed by atoms with van der Waals surface area (Å²) in [6, 6.07) is 1.64. The summed E-state index contributed by atoms with van der Waals surface area (Å²) >= 11 is 0. The monoisotopic (exact) mass is 514 g/mol. The molecule has 0 amide bonds. The molecule has 0 aromatic carbocycles. The smallest absolute Gasteiger partial charge is 0.335 e. The molecule has 10 heteroatoms. The number of carbonyl (C=O) groups is 4. The van der Waals surface area contributed by atoms with Crippen molar-refractivity contribution >= 4 is 23.5 Å². The number of aliphatic hydroxyl groups excluding tert-OH is 1. The third-order valence-electron chi connectivity index (χ3n) is 10.9. The standard InChI is InChI=1S/C27H30O10/c1-22-6-7-26(18(30)14(22)9-15(28)37-19(22)13-5-8-36-10-13)24(3)17(16(29)20(31)35-4)23(2)11-25(24,33)12-27(26,34)21(23)32/h5,8-10,16-17,19,29,33-34H,6-7,11-12H2,1-4H3/t16-,17+,19+,22-,23-,24+,25-,26-,27-/m1/s1. The zero-order chi connectivity index (χ0) is 27.0. The van der Waals surface area contributed by atoms with Gasteiger partial charge in [0.25, 0.3) is 0 Å². The van der Waals surface area contributed by atoms with Crippen molar-refractivity contribution in [2.45, 2.75) is 69.9 Å². The summed E-state index contributed by atoms with van der Waals surface area (Å²) in [5.74, 6) is -4.28. The van der Waals surface area contributed by atoms with Gasteiger partial charge in [-0.3, -0.25) is 9.59 Å². The molecule has 1 aromatic rings. The Hall–Kier alpha value is -2.82. The van der Waals surface area contributed by atoms with Gasteiger partial charge in [0, 0.05) is 45.8 Å². The van der Waals surface area contributed by atoms with Gasteiger partial charge in [-0.05, 0) is 25.3 Å². The lowest BCUT2D eigenvalue weighted by Crippen LogP contribution is -2.73. The Bertz CT molecular complexity index is 1300. The van der Waals surface area contributed by atoms with Crippen LogP contribution in [0.2, 0.25) is 0 Å². The van der Waals surface area contributed by atoms with E-state index in [0.717, 1.165) is 13.2 Å². The quantitative estimate of drug-likeness (QED) is 0.500. The second-order valence-electron chi connectivity index (χ2n) is 12.2. The Kier molecular flexibility index (Phi) is 4.49. The first kappa shape index (κ1) is 24.5. The number of fused-ring (bicyclic) bond motifs is 1. The van der Waals surface area contributed by atoms with Crippen LogP contribution in [0.5, 0.6) is 0 Å². The van der Waals surface area contributed by atoms with Crippen LogP contribution >= 0.6 is 0 Å². The van der Waals surface area contributed by atoms with Gasteiger partial charge in [-0.15, -0.1) is 0 Å². The first-order valence-electron chi connectivity index (χ1n) is 12.4. The van der Waals surface area contributed by atoms with Gasteiger partial charge in [0.15, 0.2) is 17.7 Å². The van der Waals surface area contributed by atoms with E-state index in [2.05, 4.69) is 0 Å². The number of furan rings is 1. The zero-order valence-electron chi connectivity index (χ0n) is 21.1. The van der Waals surface area contributed by atoms with E-state index in [9.17, 15) is 34.5 Å². The second kappa shape index (κ2) is 6.78. The van der Waals surface area contributed by atoms with E-state index in [1.807, 2.05) is 0 Å². The highest BCUT2D eigenvalue weighted by Crippen LogP contribution is 2.84. The molecule has 9 atom stereocenters. The number of methoxy groups -OCH3 is 1. The molecule has 6 aliphatic rings. The molecule has 0 saturated heterocycles. The number of Topliss-reactive ketones (excluding diaryl/α,β-unsaturated/α-hetero) is 2. The molecule has 37 heavy (non-hydrogen) atoms. The number of carbonyl (C=O) groups excluding carboxylic acids is 4. The van der Waals surface area contributed by atoms with Crippen LogP contribution in [0, 0.1) is 27.6 Å². The van der Waals surface area contributed by atoms with Crippen molar-refractivity contribution in [2.75, 3.05) is 7.11 Å². The van der Waals surface area contributed by atoms with Gasteiger partial charge in [-0.1, -0.05) is 20.8 Å². The van der Waals surface area contributed by atoms with E-state index in [1.54, 1.807) is 19.9 Å². The predicted molar refractivity (Wildman–Crippen MR) is 122 cm³/mol. The van der Waals surface area contributed by atoms with E-state index >= 15 is 0 Å². The highest BCUT2D eigenvalue weighted by atomic mass is 16.5. The van der Waals surface area contributed by atoms with Crippen LogP contribution in [-0.2, 0) is 28.7 Å². The van der Waals surface area contributed by atoms with E-state index in [0.29, 0.717) is 5.56 Å². The Morgan fingerprint density at radius 3 is 2.43 bits per heavy atom. The third-order valence-corrected chi connectivity index (χ3v) is 10.9. The Morgan fingerprint density at radius 1 is 1.11 bits per heavy atom. The lowest BCUT2D eigenvalue weighted by Gasteiger charge is -2.62.